The first kappa shape index (κ1) is 20.8. The molecule has 0 aliphatic rings. The molecular formula is C17H24IN9. The molecule has 3 aromatic rings. The second kappa shape index (κ2) is 10.6. The van der Waals surface area contributed by atoms with Crippen molar-refractivity contribution in [2.45, 2.75) is 26.4 Å². The van der Waals surface area contributed by atoms with Crippen molar-refractivity contribution >= 4 is 29.9 Å². The summed E-state index contributed by atoms with van der Waals surface area (Å²) in [6.07, 6.45) is 5.83. The standard InChI is InChI=1S/C17H23N9.HI/c1-3-16-24-22-13-25(16)9-8-20-17(18-2)21-10-14-4-6-15(7-5-14)26-12-19-11-23-26;/h4-7,11-13H,3,8-10H2,1-2H3,(H2,18,20,21);1H. The summed E-state index contributed by atoms with van der Waals surface area (Å²) in [6.45, 7) is 4.30. The lowest BCUT2D eigenvalue weighted by Gasteiger charge is -2.13. The van der Waals surface area contributed by atoms with Gasteiger partial charge in [0.25, 0.3) is 0 Å². The SMILES string of the molecule is CCc1nncn1CCNC(=NC)NCc1ccc(-n2cncn2)cc1.I. The van der Waals surface area contributed by atoms with Gasteiger partial charge >= 0.3 is 0 Å². The van der Waals surface area contributed by atoms with Gasteiger partial charge in [-0.1, -0.05) is 19.1 Å². The number of aromatic nitrogens is 6. The van der Waals surface area contributed by atoms with E-state index in [4.69, 9.17) is 0 Å². The third kappa shape index (κ3) is 5.74. The van der Waals surface area contributed by atoms with Crippen LogP contribution in [0.2, 0.25) is 0 Å². The highest BCUT2D eigenvalue weighted by molar-refractivity contribution is 14.0. The first-order chi connectivity index (χ1) is 12.8. The van der Waals surface area contributed by atoms with E-state index in [-0.39, 0.29) is 24.0 Å². The number of aliphatic imine (C=N–C) groups is 1. The highest BCUT2D eigenvalue weighted by Gasteiger charge is 2.03. The van der Waals surface area contributed by atoms with Crippen molar-refractivity contribution in [2.24, 2.45) is 4.99 Å². The third-order valence-corrected chi connectivity index (χ3v) is 3.96. The number of guanidine groups is 1. The molecule has 0 spiro atoms. The number of hydrogen-bond acceptors (Lipinski definition) is 5. The molecule has 2 N–H and O–H groups in total. The van der Waals surface area contributed by atoms with Gasteiger partial charge in [0, 0.05) is 33.1 Å². The lowest BCUT2D eigenvalue weighted by molar-refractivity contribution is 0.632. The Balaban J connectivity index is 0.00000261. The summed E-state index contributed by atoms with van der Waals surface area (Å²) < 4.78 is 3.77. The summed E-state index contributed by atoms with van der Waals surface area (Å²) in [5, 5.41) is 18.8. The first-order valence-corrected chi connectivity index (χ1v) is 8.55. The average Bonchev–Trinajstić information content (AvgIpc) is 3.36. The maximum atomic E-state index is 4.25. The molecule has 0 saturated carbocycles. The van der Waals surface area contributed by atoms with Crippen molar-refractivity contribution in [3.63, 3.8) is 0 Å². The normalized spacial score (nSPS) is 11.1. The van der Waals surface area contributed by atoms with Crippen LogP contribution in [0, 0.1) is 0 Å². The summed E-state index contributed by atoms with van der Waals surface area (Å²) >= 11 is 0. The van der Waals surface area contributed by atoms with E-state index < -0.39 is 0 Å². The van der Waals surface area contributed by atoms with Crippen molar-refractivity contribution < 1.29 is 0 Å². The molecule has 1 aromatic carbocycles. The summed E-state index contributed by atoms with van der Waals surface area (Å²) in [7, 11) is 1.76. The fraction of sp³-hybridized carbons (Fsp3) is 0.353. The van der Waals surface area contributed by atoms with Gasteiger partial charge in [-0.15, -0.1) is 34.2 Å². The van der Waals surface area contributed by atoms with E-state index in [0.717, 1.165) is 42.5 Å². The van der Waals surface area contributed by atoms with E-state index in [0.29, 0.717) is 6.54 Å². The van der Waals surface area contributed by atoms with Crippen LogP contribution in [-0.4, -0.2) is 49.1 Å². The molecule has 0 unspecified atom stereocenters. The zero-order valence-corrected chi connectivity index (χ0v) is 17.7. The van der Waals surface area contributed by atoms with Crippen LogP contribution in [0.3, 0.4) is 0 Å². The third-order valence-electron chi connectivity index (χ3n) is 3.96. The monoisotopic (exact) mass is 481 g/mol. The Labute approximate surface area is 175 Å². The number of nitrogens with zero attached hydrogens (tertiary/aromatic N) is 7. The maximum Gasteiger partial charge on any atom is 0.191 e. The van der Waals surface area contributed by atoms with Gasteiger partial charge in [0.1, 0.15) is 24.8 Å². The van der Waals surface area contributed by atoms with Crippen LogP contribution in [-0.2, 0) is 19.5 Å². The molecule has 9 nitrogen and oxygen atoms in total. The molecule has 0 amide bonds. The zero-order valence-electron chi connectivity index (χ0n) is 15.4. The predicted octanol–water partition coefficient (Wildman–Crippen LogP) is 1.40. The minimum atomic E-state index is 0. The van der Waals surface area contributed by atoms with Crippen molar-refractivity contribution in [2.75, 3.05) is 13.6 Å². The number of hydrogen-bond donors (Lipinski definition) is 2. The summed E-state index contributed by atoms with van der Waals surface area (Å²) in [5.41, 5.74) is 2.14. The van der Waals surface area contributed by atoms with Crippen molar-refractivity contribution in [1.29, 1.82) is 0 Å². The van der Waals surface area contributed by atoms with Gasteiger partial charge in [-0.3, -0.25) is 4.99 Å². The lowest BCUT2D eigenvalue weighted by atomic mass is 10.2. The molecule has 3 rings (SSSR count). The zero-order chi connectivity index (χ0) is 18.2. The molecule has 2 aromatic heterocycles. The fourth-order valence-electron chi connectivity index (χ4n) is 2.55. The molecule has 0 saturated heterocycles. The Bertz CT molecular complexity index is 824. The van der Waals surface area contributed by atoms with Crippen LogP contribution in [0.25, 0.3) is 5.69 Å². The van der Waals surface area contributed by atoms with Crippen LogP contribution >= 0.6 is 24.0 Å². The Morgan fingerprint density at radius 1 is 1.15 bits per heavy atom. The van der Waals surface area contributed by atoms with Crippen LogP contribution < -0.4 is 10.6 Å². The van der Waals surface area contributed by atoms with Crippen LogP contribution in [0.15, 0.2) is 48.2 Å². The lowest BCUT2D eigenvalue weighted by Crippen LogP contribution is -2.38. The average molecular weight is 481 g/mol. The van der Waals surface area contributed by atoms with Gasteiger partial charge in [0.15, 0.2) is 5.96 Å². The van der Waals surface area contributed by atoms with Crippen molar-refractivity contribution in [3.05, 3.63) is 54.6 Å². The van der Waals surface area contributed by atoms with E-state index in [9.17, 15) is 0 Å². The Morgan fingerprint density at radius 3 is 2.63 bits per heavy atom. The number of aryl methyl sites for hydroxylation is 1. The minimum Gasteiger partial charge on any atom is -0.355 e. The number of halogens is 1. The fourth-order valence-corrected chi connectivity index (χ4v) is 2.55. The van der Waals surface area contributed by atoms with Crippen molar-refractivity contribution in [1.82, 2.24) is 40.2 Å². The topological polar surface area (TPSA) is 97.8 Å². The highest BCUT2D eigenvalue weighted by Crippen LogP contribution is 2.07. The molecular weight excluding hydrogens is 457 g/mol. The van der Waals surface area contributed by atoms with Gasteiger partial charge in [-0.25, -0.2) is 9.67 Å². The van der Waals surface area contributed by atoms with E-state index in [1.165, 1.54) is 6.33 Å². The van der Waals surface area contributed by atoms with Crippen LogP contribution in [0.1, 0.15) is 18.3 Å². The molecule has 0 bridgehead atoms. The highest BCUT2D eigenvalue weighted by atomic mass is 127. The molecule has 144 valence electrons. The van der Waals surface area contributed by atoms with Crippen molar-refractivity contribution in [3.8, 4) is 5.69 Å². The smallest absolute Gasteiger partial charge is 0.191 e. The number of nitrogens with one attached hydrogen (secondary N) is 2. The molecule has 10 heteroatoms. The second-order valence-electron chi connectivity index (χ2n) is 5.65. The summed E-state index contributed by atoms with van der Waals surface area (Å²) in [4.78, 5) is 8.21. The van der Waals surface area contributed by atoms with E-state index in [1.54, 1.807) is 24.4 Å². The molecule has 0 fully saturated rings. The van der Waals surface area contributed by atoms with Gasteiger partial charge in [0.2, 0.25) is 0 Å². The largest absolute Gasteiger partial charge is 0.355 e. The van der Waals surface area contributed by atoms with Crippen LogP contribution in [0.4, 0.5) is 0 Å². The Hall–Kier alpha value is -2.50. The minimum absolute atomic E-state index is 0. The number of rotatable bonds is 7. The number of benzene rings is 1. The van der Waals surface area contributed by atoms with Gasteiger partial charge in [-0.2, -0.15) is 5.10 Å². The van der Waals surface area contributed by atoms with Gasteiger partial charge < -0.3 is 15.2 Å². The molecule has 0 aliphatic heterocycles. The van der Waals surface area contributed by atoms with Gasteiger partial charge in [-0.05, 0) is 17.7 Å². The van der Waals surface area contributed by atoms with Gasteiger partial charge in [0.05, 0.1) is 5.69 Å². The quantitative estimate of drug-likeness (QED) is 0.301. The van der Waals surface area contributed by atoms with Crippen LogP contribution in [0.5, 0.6) is 0 Å². The maximum absolute atomic E-state index is 4.25. The van der Waals surface area contributed by atoms with E-state index in [2.05, 4.69) is 55.0 Å². The predicted molar refractivity (Wildman–Crippen MR) is 114 cm³/mol. The molecule has 27 heavy (non-hydrogen) atoms. The molecule has 2 heterocycles. The van der Waals surface area contributed by atoms with E-state index in [1.807, 2.05) is 16.7 Å². The second-order valence-corrected chi connectivity index (χ2v) is 5.65. The summed E-state index contributed by atoms with van der Waals surface area (Å²) in [5.74, 6) is 1.75. The Kier molecular flexibility index (Phi) is 8.17. The molecule has 0 radical (unpaired) electrons. The Morgan fingerprint density at radius 2 is 1.96 bits per heavy atom. The molecule has 0 atom stereocenters. The van der Waals surface area contributed by atoms with E-state index >= 15 is 0 Å². The first-order valence-electron chi connectivity index (χ1n) is 8.55. The molecule has 0 aliphatic carbocycles. The summed E-state index contributed by atoms with van der Waals surface area (Å²) in [6, 6.07) is 8.14.